The van der Waals surface area contributed by atoms with Gasteiger partial charge in [0.1, 0.15) is 16.3 Å². The number of carbonyl (C=O) groups excluding carboxylic acids is 1. The number of amides is 1. The Bertz CT molecular complexity index is 598. The molecule has 0 saturated carbocycles. The second-order valence-electron chi connectivity index (χ2n) is 3.57. The Morgan fingerprint density at radius 1 is 1.47 bits per heavy atom. The summed E-state index contributed by atoms with van der Waals surface area (Å²) in [6.45, 7) is 0. The third kappa shape index (κ3) is 3.48. The molecule has 8 heteroatoms. The van der Waals surface area contributed by atoms with E-state index >= 15 is 0 Å². The summed E-state index contributed by atoms with van der Waals surface area (Å²) in [5.41, 5.74) is 3.19. The minimum atomic E-state index is -0.585. The van der Waals surface area contributed by atoms with Crippen LogP contribution in [0.4, 0.5) is 0 Å². The van der Waals surface area contributed by atoms with Crippen LogP contribution in [-0.2, 0) is 4.79 Å². The fraction of sp³-hybridized carbons (Fsp3) is 0.0909. The number of aromatic hydroxyl groups is 1. The average Bonchev–Trinajstić information content (AvgIpc) is 2.38. The average molecular weight is 388 g/mol. The first-order valence-corrected chi connectivity index (χ1v) is 6.85. The summed E-state index contributed by atoms with van der Waals surface area (Å²) in [6.07, 6.45) is 2.80. The quantitative estimate of drug-likeness (QED) is 0.460. The van der Waals surface area contributed by atoms with Crippen LogP contribution in [0.2, 0.25) is 0 Å². The molecule has 0 spiro atoms. The van der Waals surface area contributed by atoms with E-state index < -0.39 is 4.83 Å². The molecule has 0 fully saturated rings. The second-order valence-corrected chi connectivity index (χ2v) is 5.40. The Hall–Kier alpha value is -1.54. The van der Waals surface area contributed by atoms with Gasteiger partial charge < -0.3 is 5.11 Å². The predicted octanol–water partition coefficient (Wildman–Crippen LogP) is 1.81. The molecular weight excluding hydrogens is 380 g/mol. The second kappa shape index (κ2) is 6.07. The van der Waals surface area contributed by atoms with Crippen LogP contribution in [0.1, 0.15) is 5.56 Å². The van der Waals surface area contributed by atoms with Gasteiger partial charge in [-0.2, -0.15) is 15.3 Å². The molecule has 2 rings (SSSR count). The molecule has 6 nitrogen and oxygen atoms in total. The molecule has 1 heterocycles. The lowest BCUT2D eigenvalue weighted by molar-refractivity contribution is -0.119. The van der Waals surface area contributed by atoms with Crippen molar-refractivity contribution < 1.29 is 9.90 Å². The fourth-order valence-corrected chi connectivity index (χ4v) is 1.97. The normalized spacial score (nSPS) is 21.1. The molecule has 0 aliphatic carbocycles. The molecule has 2 N–H and O–H groups in total. The number of nitrogens with one attached hydrogen (secondary N) is 1. The lowest BCUT2D eigenvalue weighted by Gasteiger charge is -2.10. The van der Waals surface area contributed by atoms with E-state index in [1.807, 2.05) is 0 Å². The van der Waals surface area contributed by atoms with Crippen molar-refractivity contribution in [1.82, 2.24) is 5.43 Å². The highest BCUT2D eigenvalue weighted by Gasteiger charge is 2.23. The summed E-state index contributed by atoms with van der Waals surface area (Å²) in [6, 6.07) is 4.96. The molecule has 0 saturated heterocycles. The van der Waals surface area contributed by atoms with Crippen molar-refractivity contribution in [2.24, 2.45) is 15.3 Å². The molecule has 0 radical (unpaired) electrons. The summed E-state index contributed by atoms with van der Waals surface area (Å²) in [4.78, 5) is 10.7. The SMILES string of the molecule is O=C1NN=C/C(=N/N=C\c2cc(Br)ccc2O)C1Br. The number of phenols is 1. The zero-order valence-electron chi connectivity index (χ0n) is 9.42. The van der Waals surface area contributed by atoms with Gasteiger partial charge in [0.15, 0.2) is 0 Å². The first-order chi connectivity index (χ1) is 9.08. The van der Waals surface area contributed by atoms with Gasteiger partial charge in [-0.3, -0.25) is 4.79 Å². The number of rotatable bonds is 2. The third-order valence-electron chi connectivity index (χ3n) is 2.22. The van der Waals surface area contributed by atoms with Gasteiger partial charge in [0, 0.05) is 10.0 Å². The van der Waals surface area contributed by atoms with E-state index in [9.17, 15) is 9.90 Å². The number of alkyl halides is 1. The molecular formula is C11H8Br2N4O2. The van der Waals surface area contributed by atoms with Crippen molar-refractivity contribution >= 4 is 55.9 Å². The van der Waals surface area contributed by atoms with Crippen LogP contribution in [0.5, 0.6) is 5.75 Å². The minimum absolute atomic E-state index is 0.0950. The molecule has 0 bridgehead atoms. The largest absolute Gasteiger partial charge is 0.507 e. The smallest absolute Gasteiger partial charge is 0.260 e. The van der Waals surface area contributed by atoms with Crippen LogP contribution >= 0.6 is 31.9 Å². The lowest BCUT2D eigenvalue weighted by Crippen LogP contribution is -2.38. The fourth-order valence-electron chi connectivity index (χ4n) is 1.28. The molecule has 1 atom stereocenters. The highest BCUT2D eigenvalue weighted by atomic mass is 79.9. The van der Waals surface area contributed by atoms with Gasteiger partial charge in [-0.15, -0.1) is 0 Å². The number of carbonyl (C=O) groups is 1. The zero-order valence-corrected chi connectivity index (χ0v) is 12.6. The van der Waals surface area contributed by atoms with Crippen molar-refractivity contribution in [2.75, 3.05) is 0 Å². The first-order valence-electron chi connectivity index (χ1n) is 5.14. The van der Waals surface area contributed by atoms with E-state index in [1.165, 1.54) is 12.4 Å². The van der Waals surface area contributed by atoms with E-state index in [4.69, 9.17) is 0 Å². The van der Waals surface area contributed by atoms with E-state index in [0.717, 1.165) is 4.47 Å². The number of benzene rings is 1. The standard InChI is InChI=1S/C11H8Br2N4O2/c12-7-1-2-9(18)6(3-7)4-14-16-8-5-15-17-11(19)10(8)13/h1-5,10,18H,(H,17,19)/b14-4-,16-8-. The maximum atomic E-state index is 11.3. The van der Waals surface area contributed by atoms with Crippen LogP contribution < -0.4 is 5.43 Å². The van der Waals surface area contributed by atoms with Crippen LogP contribution in [0.15, 0.2) is 38.0 Å². The topological polar surface area (TPSA) is 86.4 Å². The number of nitrogens with zero attached hydrogens (tertiary/aromatic N) is 3. The number of halogens is 2. The zero-order chi connectivity index (χ0) is 13.8. The Kier molecular flexibility index (Phi) is 4.43. The maximum absolute atomic E-state index is 11.3. The Balaban J connectivity index is 2.19. The van der Waals surface area contributed by atoms with Crippen LogP contribution in [0.25, 0.3) is 0 Å². The Morgan fingerprint density at radius 3 is 3.05 bits per heavy atom. The van der Waals surface area contributed by atoms with Gasteiger partial charge in [-0.1, -0.05) is 31.9 Å². The van der Waals surface area contributed by atoms with Crippen LogP contribution in [-0.4, -0.2) is 34.0 Å². The predicted molar refractivity (Wildman–Crippen MR) is 80.2 cm³/mol. The Labute approximate surface area is 125 Å². The molecule has 1 aromatic carbocycles. The molecule has 1 aliphatic heterocycles. The van der Waals surface area contributed by atoms with Gasteiger partial charge in [0.05, 0.1) is 12.4 Å². The van der Waals surface area contributed by atoms with Crippen molar-refractivity contribution in [3.8, 4) is 5.75 Å². The minimum Gasteiger partial charge on any atom is -0.507 e. The van der Waals surface area contributed by atoms with Gasteiger partial charge in [-0.05, 0) is 18.2 Å². The lowest BCUT2D eigenvalue weighted by atomic mass is 10.2. The summed E-state index contributed by atoms with van der Waals surface area (Å²) >= 11 is 6.46. The number of hydrazone groups is 1. The van der Waals surface area contributed by atoms with Gasteiger partial charge in [0.2, 0.25) is 0 Å². The summed E-state index contributed by atoms with van der Waals surface area (Å²) in [5.74, 6) is -0.209. The Morgan fingerprint density at radius 2 is 2.26 bits per heavy atom. The molecule has 19 heavy (non-hydrogen) atoms. The number of hydrogen-bond acceptors (Lipinski definition) is 5. The molecule has 1 aliphatic rings. The highest BCUT2D eigenvalue weighted by Crippen LogP contribution is 2.20. The van der Waals surface area contributed by atoms with Gasteiger partial charge >= 0.3 is 0 Å². The van der Waals surface area contributed by atoms with E-state index in [1.54, 1.807) is 18.2 Å². The first kappa shape index (κ1) is 13.9. The molecule has 0 aromatic heterocycles. The highest BCUT2D eigenvalue weighted by molar-refractivity contribution is 9.10. The van der Waals surface area contributed by atoms with Crippen LogP contribution in [0, 0.1) is 0 Å². The van der Waals surface area contributed by atoms with E-state index in [-0.39, 0.29) is 11.7 Å². The van der Waals surface area contributed by atoms with Crippen molar-refractivity contribution in [2.45, 2.75) is 4.83 Å². The third-order valence-corrected chi connectivity index (χ3v) is 3.60. The summed E-state index contributed by atoms with van der Waals surface area (Å²) < 4.78 is 0.816. The molecule has 1 unspecified atom stereocenters. The van der Waals surface area contributed by atoms with Crippen molar-refractivity contribution in [3.63, 3.8) is 0 Å². The van der Waals surface area contributed by atoms with E-state index in [2.05, 4.69) is 52.6 Å². The molecule has 98 valence electrons. The van der Waals surface area contributed by atoms with E-state index in [0.29, 0.717) is 11.3 Å². The summed E-state index contributed by atoms with van der Waals surface area (Å²) in [7, 11) is 0. The van der Waals surface area contributed by atoms with Crippen molar-refractivity contribution in [3.05, 3.63) is 28.2 Å². The molecule has 1 aromatic rings. The van der Waals surface area contributed by atoms with Crippen molar-refractivity contribution in [1.29, 1.82) is 0 Å². The maximum Gasteiger partial charge on any atom is 0.260 e. The molecule has 1 amide bonds. The monoisotopic (exact) mass is 386 g/mol. The number of hydrogen-bond donors (Lipinski definition) is 2. The van der Waals surface area contributed by atoms with Gasteiger partial charge in [0.25, 0.3) is 5.91 Å². The van der Waals surface area contributed by atoms with Crippen LogP contribution in [0.3, 0.4) is 0 Å². The van der Waals surface area contributed by atoms with Gasteiger partial charge in [-0.25, -0.2) is 5.43 Å². The summed E-state index contributed by atoms with van der Waals surface area (Å²) in [5, 5.41) is 21.0. The number of phenolic OH excluding ortho intramolecular Hbond substituents is 1.